The number of piperazine rings is 1. The van der Waals surface area contributed by atoms with Crippen molar-refractivity contribution >= 4 is 11.9 Å². The monoisotopic (exact) mass is 378 g/mol. The number of nitrogens with one attached hydrogen (secondary N) is 1. The van der Waals surface area contributed by atoms with Crippen LogP contribution in [0.25, 0.3) is 0 Å². The Bertz CT molecular complexity index is 653. The molecule has 2 rings (SSSR count). The van der Waals surface area contributed by atoms with E-state index in [-0.39, 0.29) is 24.4 Å². The lowest BCUT2D eigenvalue weighted by Crippen LogP contribution is -2.57. The molecule has 27 heavy (non-hydrogen) atoms. The molecule has 8 nitrogen and oxygen atoms in total. The Morgan fingerprint density at radius 3 is 2.67 bits per heavy atom. The second-order valence-corrected chi connectivity index (χ2v) is 6.63. The van der Waals surface area contributed by atoms with Gasteiger partial charge in [0, 0.05) is 50.7 Å². The zero-order valence-electron chi connectivity index (χ0n) is 16.4. The van der Waals surface area contributed by atoms with Gasteiger partial charge in [-0.1, -0.05) is 19.1 Å². The maximum atomic E-state index is 12.3. The number of carbonyl (C=O) groups is 2. The van der Waals surface area contributed by atoms with Crippen molar-refractivity contribution in [3.63, 3.8) is 0 Å². The van der Waals surface area contributed by atoms with E-state index in [2.05, 4.69) is 10.2 Å². The number of nitrogens with zero attached hydrogens (tertiary/aromatic N) is 2. The molecule has 0 radical (unpaired) electrons. The van der Waals surface area contributed by atoms with Crippen molar-refractivity contribution in [3.05, 3.63) is 23.8 Å². The first-order chi connectivity index (χ1) is 13.0. The Morgan fingerprint density at radius 1 is 1.26 bits per heavy atom. The van der Waals surface area contributed by atoms with Gasteiger partial charge in [-0.3, -0.25) is 9.69 Å². The molecule has 0 spiro atoms. The number of amides is 3. The summed E-state index contributed by atoms with van der Waals surface area (Å²) in [6.07, 6.45) is 1.08. The van der Waals surface area contributed by atoms with Crippen LogP contribution in [0.5, 0.6) is 11.5 Å². The van der Waals surface area contributed by atoms with Gasteiger partial charge in [0.25, 0.3) is 0 Å². The number of nitrogens with two attached hydrogens (primary N) is 1. The van der Waals surface area contributed by atoms with Gasteiger partial charge >= 0.3 is 6.03 Å². The molecule has 1 aliphatic rings. The molecule has 1 aromatic rings. The molecule has 3 amide bonds. The lowest BCUT2D eigenvalue weighted by molar-refractivity contribution is -0.119. The molecule has 1 saturated heterocycles. The molecule has 1 fully saturated rings. The number of methoxy groups -OCH3 is 2. The first-order valence-electron chi connectivity index (χ1n) is 9.25. The minimum Gasteiger partial charge on any atom is -0.493 e. The van der Waals surface area contributed by atoms with Gasteiger partial charge in [-0.25, -0.2) is 4.79 Å². The summed E-state index contributed by atoms with van der Waals surface area (Å²) in [7, 11) is 3.21. The smallest absolute Gasteiger partial charge is 0.317 e. The molecule has 150 valence electrons. The summed E-state index contributed by atoms with van der Waals surface area (Å²) in [4.78, 5) is 27.8. The zero-order chi connectivity index (χ0) is 19.8. The highest BCUT2D eigenvalue weighted by molar-refractivity contribution is 5.76. The normalized spacial score (nSPS) is 17.4. The van der Waals surface area contributed by atoms with E-state index in [1.54, 1.807) is 19.1 Å². The average Bonchev–Trinajstić information content (AvgIpc) is 2.66. The van der Waals surface area contributed by atoms with Crippen molar-refractivity contribution in [3.8, 4) is 11.5 Å². The Kier molecular flexibility index (Phi) is 7.72. The molecule has 0 aromatic heterocycles. The molecular weight excluding hydrogens is 348 g/mol. The Balaban J connectivity index is 2.14. The second-order valence-electron chi connectivity index (χ2n) is 6.63. The summed E-state index contributed by atoms with van der Waals surface area (Å²) in [6, 6.07) is 5.50. The summed E-state index contributed by atoms with van der Waals surface area (Å²) < 4.78 is 10.9. The molecular formula is C19H30N4O4. The van der Waals surface area contributed by atoms with Gasteiger partial charge in [0.2, 0.25) is 5.91 Å². The van der Waals surface area contributed by atoms with Crippen LogP contribution in [0.3, 0.4) is 0 Å². The fraction of sp³-hybridized carbons (Fsp3) is 0.579. The number of carbonyl (C=O) groups excluding carboxylic acids is 2. The molecule has 0 bridgehead atoms. The van der Waals surface area contributed by atoms with Crippen LogP contribution in [0.15, 0.2) is 18.2 Å². The molecule has 1 atom stereocenters. The highest BCUT2D eigenvalue weighted by Crippen LogP contribution is 2.32. The fourth-order valence-corrected chi connectivity index (χ4v) is 3.35. The minimum atomic E-state index is -0.376. The van der Waals surface area contributed by atoms with Crippen LogP contribution in [0.4, 0.5) is 4.79 Å². The maximum Gasteiger partial charge on any atom is 0.317 e. The minimum absolute atomic E-state index is 0.0927. The van der Waals surface area contributed by atoms with E-state index in [4.69, 9.17) is 15.2 Å². The molecule has 1 unspecified atom stereocenters. The standard InChI is InChI=1S/C19H30N4O4/c1-4-8-21-19(25)23-10-9-22(15(13-23)11-17(20)24)12-14-6-5-7-16(26-2)18(14)27-3/h5-7,15H,4,8-13H2,1-3H3,(H2,20,24)(H,21,25). The predicted octanol–water partition coefficient (Wildman–Crippen LogP) is 1.19. The van der Waals surface area contributed by atoms with Gasteiger partial charge in [-0.15, -0.1) is 0 Å². The number of primary amides is 1. The molecule has 8 heteroatoms. The first kappa shape index (κ1) is 20.8. The Labute approximate surface area is 160 Å². The molecule has 1 aromatic carbocycles. The summed E-state index contributed by atoms with van der Waals surface area (Å²) in [5.74, 6) is 0.971. The third-order valence-corrected chi connectivity index (χ3v) is 4.71. The lowest BCUT2D eigenvalue weighted by atomic mass is 10.1. The number of benzene rings is 1. The third-order valence-electron chi connectivity index (χ3n) is 4.71. The second kappa shape index (κ2) is 10.0. The van der Waals surface area contributed by atoms with E-state index in [0.29, 0.717) is 44.2 Å². The van der Waals surface area contributed by atoms with E-state index in [0.717, 1.165) is 12.0 Å². The van der Waals surface area contributed by atoms with E-state index >= 15 is 0 Å². The van der Waals surface area contributed by atoms with Crippen molar-refractivity contribution in [1.82, 2.24) is 15.1 Å². The van der Waals surface area contributed by atoms with Crippen LogP contribution in [-0.2, 0) is 11.3 Å². The summed E-state index contributed by atoms with van der Waals surface area (Å²) >= 11 is 0. The highest BCUT2D eigenvalue weighted by atomic mass is 16.5. The number of rotatable bonds is 8. The quantitative estimate of drug-likeness (QED) is 0.708. The highest BCUT2D eigenvalue weighted by Gasteiger charge is 2.31. The van der Waals surface area contributed by atoms with Gasteiger partial charge in [0.05, 0.1) is 14.2 Å². The van der Waals surface area contributed by atoms with Crippen LogP contribution >= 0.6 is 0 Å². The molecule has 3 N–H and O–H groups in total. The van der Waals surface area contributed by atoms with E-state index < -0.39 is 0 Å². The zero-order valence-corrected chi connectivity index (χ0v) is 16.4. The molecule has 0 saturated carbocycles. The largest absolute Gasteiger partial charge is 0.493 e. The molecule has 1 heterocycles. The van der Waals surface area contributed by atoms with E-state index in [1.165, 1.54) is 0 Å². The van der Waals surface area contributed by atoms with Gasteiger partial charge in [0.15, 0.2) is 11.5 Å². The van der Waals surface area contributed by atoms with E-state index in [1.807, 2.05) is 25.1 Å². The summed E-state index contributed by atoms with van der Waals surface area (Å²) in [6.45, 7) is 4.94. The van der Waals surface area contributed by atoms with Crippen molar-refractivity contribution in [1.29, 1.82) is 0 Å². The van der Waals surface area contributed by atoms with Crippen molar-refractivity contribution < 1.29 is 19.1 Å². The lowest BCUT2D eigenvalue weighted by Gasteiger charge is -2.41. The number of ether oxygens (including phenoxy) is 2. The van der Waals surface area contributed by atoms with Crippen LogP contribution in [0, 0.1) is 0 Å². The third kappa shape index (κ3) is 5.50. The van der Waals surface area contributed by atoms with E-state index in [9.17, 15) is 9.59 Å². The fourth-order valence-electron chi connectivity index (χ4n) is 3.35. The summed E-state index contributed by atoms with van der Waals surface area (Å²) in [5.41, 5.74) is 6.42. The SMILES string of the molecule is CCCNC(=O)N1CCN(Cc2cccc(OC)c2OC)C(CC(N)=O)C1. The Morgan fingerprint density at radius 2 is 2.04 bits per heavy atom. The van der Waals surface area contributed by atoms with Gasteiger partial charge < -0.3 is 25.4 Å². The number of urea groups is 1. The number of hydrogen-bond donors (Lipinski definition) is 2. The van der Waals surface area contributed by atoms with Crippen molar-refractivity contribution in [2.75, 3.05) is 40.4 Å². The van der Waals surface area contributed by atoms with Crippen LogP contribution in [0.1, 0.15) is 25.3 Å². The van der Waals surface area contributed by atoms with Gasteiger partial charge in [-0.05, 0) is 12.5 Å². The van der Waals surface area contributed by atoms with Crippen LogP contribution in [-0.4, -0.2) is 68.2 Å². The Hall–Kier alpha value is -2.48. The van der Waals surface area contributed by atoms with Crippen molar-refractivity contribution in [2.45, 2.75) is 32.4 Å². The maximum absolute atomic E-state index is 12.3. The number of para-hydroxylation sites is 1. The van der Waals surface area contributed by atoms with Crippen molar-refractivity contribution in [2.24, 2.45) is 5.73 Å². The molecule has 1 aliphatic heterocycles. The number of hydrogen-bond acceptors (Lipinski definition) is 5. The van der Waals surface area contributed by atoms with Gasteiger partial charge in [0.1, 0.15) is 0 Å². The van der Waals surface area contributed by atoms with Gasteiger partial charge in [-0.2, -0.15) is 0 Å². The first-order valence-corrected chi connectivity index (χ1v) is 9.25. The van der Waals surface area contributed by atoms with Crippen LogP contribution in [0.2, 0.25) is 0 Å². The topological polar surface area (TPSA) is 97.1 Å². The predicted molar refractivity (Wildman–Crippen MR) is 103 cm³/mol. The summed E-state index contributed by atoms with van der Waals surface area (Å²) in [5, 5.41) is 2.89. The molecule has 0 aliphatic carbocycles. The average molecular weight is 378 g/mol. The van der Waals surface area contributed by atoms with Crippen LogP contribution < -0.4 is 20.5 Å².